The molecule has 1 aromatic heterocycles. The number of nitrogens with one attached hydrogen (secondary N) is 2. The summed E-state index contributed by atoms with van der Waals surface area (Å²) in [6.07, 6.45) is 2.32. The second kappa shape index (κ2) is 4.78. The Morgan fingerprint density at radius 2 is 2.31 bits per heavy atom. The minimum absolute atomic E-state index is 0.216. The predicted molar refractivity (Wildman–Crippen MR) is 63.8 cm³/mol. The first-order valence-electron chi connectivity index (χ1n) is 5.98. The summed E-state index contributed by atoms with van der Waals surface area (Å²) in [5.41, 5.74) is 1.71. The van der Waals surface area contributed by atoms with Crippen LogP contribution >= 0.6 is 0 Å². The van der Waals surface area contributed by atoms with Gasteiger partial charge in [0.25, 0.3) is 0 Å². The molecule has 1 aliphatic heterocycles. The molecule has 0 amide bonds. The molecular weight excluding hydrogens is 202 g/mol. The number of nitrogens with zero attached hydrogens (tertiary/aromatic N) is 1. The van der Waals surface area contributed by atoms with E-state index in [4.69, 9.17) is 0 Å². The Morgan fingerprint density at radius 3 is 2.94 bits per heavy atom. The fourth-order valence-electron chi connectivity index (χ4n) is 2.13. The van der Waals surface area contributed by atoms with E-state index in [1.165, 1.54) is 6.42 Å². The van der Waals surface area contributed by atoms with Crippen molar-refractivity contribution in [3.05, 3.63) is 27.9 Å². The molecule has 1 saturated heterocycles. The molecule has 0 aromatic carbocycles. The molecule has 4 heteroatoms. The monoisotopic (exact) mass is 221 g/mol. The zero-order valence-electron chi connectivity index (χ0n) is 9.92. The summed E-state index contributed by atoms with van der Waals surface area (Å²) in [6, 6.07) is 2.05. The van der Waals surface area contributed by atoms with Gasteiger partial charge in [-0.1, -0.05) is 13.8 Å². The number of piperidine rings is 1. The first-order chi connectivity index (χ1) is 7.66. The van der Waals surface area contributed by atoms with Gasteiger partial charge in [-0.25, -0.2) is 4.79 Å². The van der Waals surface area contributed by atoms with Crippen molar-refractivity contribution >= 4 is 0 Å². The fraction of sp³-hybridized carbons (Fsp3) is 0.667. The van der Waals surface area contributed by atoms with Gasteiger partial charge in [-0.2, -0.15) is 4.98 Å². The third-order valence-electron chi connectivity index (χ3n) is 3.11. The average Bonchev–Trinajstić information content (AvgIpc) is 2.29. The van der Waals surface area contributed by atoms with Crippen LogP contribution in [0.4, 0.5) is 0 Å². The van der Waals surface area contributed by atoms with Crippen molar-refractivity contribution in [1.29, 1.82) is 0 Å². The van der Waals surface area contributed by atoms with Crippen molar-refractivity contribution in [3.63, 3.8) is 0 Å². The molecule has 0 radical (unpaired) electrons. The van der Waals surface area contributed by atoms with Gasteiger partial charge < -0.3 is 10.3 Å². The molecule has 2 N–H and O–H groups in total. The Balaban J connectivity index is 2.29. The molecule has 2 heterocycles. The van der Waals surface area contributed by atoms with Crippen molar-refractivity contribution < 1.29 is 0 Å². The smallest absolute Gasteiger partial charge is 0.316 e. The molecule has 1 aromatic rings. The van der Waals surface area contributed by atoms with Gasteiger partial charge in [0.2, 0.25) is 0 Å². The highest BCUT2D eigenvalue weighted by Gasteiger charge is 2.17. The van der Waals surface area contributed by atoms with Crippen LogP contribution in [0.3, 0.4) is 0 Å². The molecule has 1 unspecified atom stereocenters. The van der Waals surface area contributed by atoms with Crippen LogP contribution in [0.15, 0.2) is 10.9 Å². The summed E-state index contributed by atoms with van der Waals surface area (Å²) in [7, 11) is 0. The zero-order chi connectivity index (χ0) is 11.5. The van der Waals surface area contributed by atoms with E-state index in [1.807, 2.05) is 6.07 Å². The largest absolute Gasteiger partial charge is 0.345 e. The standard InChI is InChI=1S/C12H19N3O/c1-8(2)10-6-11(15-12(16)14-10)9-4-3-5-13-7-9/h6,8-9,13H,3-5,7H2,1-2H3,(H,14,15,16). The highest BCUT2D eigenvalue weighted by atomic mass is 16.1. The average molecular weight is 221 g/mol. The van der Waals surface area contributed by atoms with Crippen LogP contribution < -0.4 is 11.0 Å². The molecule has 0 bridgehead atoms. The molecule has 1 fully saturated rings. The van der Waals surface area contributed by atoms with E-state index in [1.54, 1.807) is 0 Å². The molecule has 0 spiro atoms. The Labute approximate surface area is 95.5 Å². The summed E-state index contributed by atoms with van der Waals surface area (Å²) in [5.74, 6) is 0.736. The topological polar surface area (TPSA) is 57.8 Å². The zero-order valence-corrected chi connectivity index (χ0v) is 9.92. The van der Waals surface area contributed by atoms with Crippen LogP contribution in [0.5, 0.6) is 0 Å². The van der Waals surface area contributed by atoms with Crippen LogP contribution in [0.25, 0.3) is 0 Å². The maximum atomic E-state index is 11.5. The van der Waals surface area contributed by atoms with Crippen molar-refractivity contribution in [2.75, 3.05) is 13.1 Å². The highest BCUT2D eigenvalue weighted by molar-refractivity contribution is 5.16. The molecule has 16 heavy (non-hydrogen) atoms. The number of aromatic amines is 1. The molecule has 4 nitrogen and oxygen atoms in total. The van der Waals surface area contributed by atoms with Crippen LogP contribution in [0.2, 0.25) is 0 Å². The van der Waals surface area contributed by atoms with Gasteiger partial charge in [-0.15, -0.1) is 0 Å². The molecule has 1 atom stereocenters. The van der Waals surface area contributed by atoms with Gasteiger partial charge in [0.05, 0.1) is 5.69 Å². The molecule has 0 saturated carbocycles. The summed E-state index contributed by atoms with van der Waals surface area (Å²) in [6.45, 7) is 6.16. The van der Waals surface area contributed by atoms with E-state index in [0.29, 0.717) is 11.8 Å². The van der Waals surface area contributed by atoms with Gasteiger partial charge in [-0.05, 0) is 31.4 Å². The molecule has 88 valence electrons. The van der Waals surface area contributed by atoms with E-state index < -0.39 is 0 Å². The number of aromatic nitrogens is 2. The molecule has 2 rings (SSSR count). The lowest BCUT2D eigenvalue weighted by Gasteiger charge is -2.23. The molecule has 1 aliphatic rings. The number of hydrogen-bond acceptors (Lipinski definition) is 3. The maximum absolute atomic E-state index is 11.5. The van der Waals surface area contributed by atoms with Crippen molar-refractivity contribution in [2.24, 2.45) is 0 Å². The first-order valence-corrected chi connectivity index (χ1v) is 5.98. The van der Waals surface area contributed by atoms with Gasteiger partial charge in [0.1, 0.15) is 0 Å². The van der Waals surface area contributed by atoms with Gasteiger partial charge >= 0.3 is 5.69 Å². The van der Waals surface area contributed by atoms with E-state index in [-0.39, 0.29) is 5.69 Å². The van der Waals surface area contributed by atoms with E-state index in [9.17, 15) is 4.79 Å². The Hall–Kier alpha value is -1.16. The van der Waals surface area contributed by atoms with E-state index >= 15 is 0 Å². The summed E-state index contributed by atoms with van der Waals surface area (Å²) in [4.78, 5) is 18.3. The molecular formula is C12H19N3O. The van der Waals surface area contributed by atoms with Gasteiger partial charge in [0.15, 0.2) is 0 Å². The predicted octanol–water partition coefficient (Wildman–Crippen LogP) is 1.36. The summed E-state index contributed by atoms with van der Waals surface area (Å²) in [5, 5.41) is 3.36. The maximum Gasteiger partial charge on any atom is 0.345 e. The molecule has 0 aliphatic carbocycles. The minimum atomic E-state index is -0.216. The Kier molecular flexibility index (Phi) is 3.39. The number of hydrogen-bond donors (Lipinski definition) is 2. The summed E-state index contributed by atoms with van der Waals surface area (Å²) >= 11 is 0. The highest BCUT2D eigenvalue weighted by Crippen LogP contribution is 2.22. The lowest BCUT2D eigenvalue weighted by molar-refractivity contribution is 0.452. The van der Waals surface area contributed by atoms with Crippen LogP contribution in [-0.4, -0.2) is 23.1 Å². The number of rotatable bonds is 2. The van der Waals surface area contributed by atoms with Crippen LogP contribution in [0.1, 0.15) is 49.9 Å². The third-order valence-corrected chi connectivity index (χ3v) is 3.11. The second-order valence-corrected chi connectivity index (χ2v) is 4.76. The van der Waals surface area contributed by atoms with E-state index in [2.05, 4.69) is 29.1 Å². The van der Waals surface area contributed by atoms with Crippen LogP contribution in [-0.2, 0) is 0 Å². The van der Waals surface area contributed by atoms with Gasteiger partial charge in [0, 0.05) is 18.2 Å². The number of H-pyrrole nitrogens is 1. The first kappa shape index (κ1) is 11.3. The van der Waals surface area contributed by atoms with Gasteiger partial charge in [-0.3, -0.25) is 0 Å². The lowest BCUT2D eigenvalue weighted by atomic mass is 9.94. The van der Waals surface area contributed by atoms with E-state index in [0.717, 1.165) is 30.9 Å². The minimum Gasteiger partial charge on any atom is -0.316 e. The SMILES string of the molecule is CC(C)c1cc(C2CCCNC2)[nH]c(=O)n1. The quantitative estimate of drug-likeness (QED) is 0.792. The Bertz CT molecular complexity index is 405. The second-order valence-electron chi connectivity index (χ2n) is 4.76. The van der Waals surface area contributed by atoms with Crippen LogP contribution in [0, 0.1) is 0 Å². The fourth-order valence-corrected chi connectivity index (χ4v) is 2.13. The van der Waals surface area contributed by atoms with Crippen molar-refractivity contribution in [3.8, 4) is 0 Å². The van der Waals surface area contributed by atoms with Crippen molar-refractivity contribution in [1.82, 2.24) is 15.3 Å². The normalized spacial score (nSPS) is 21.3. The van der Waals surface area contributed by atoms with Crippen molar-refractivity contribution in [2.45, 2.75) is 38.5 Å². The summed E-state index contributed by atoms with van der Waals surface area (Å²) < 4.78 is 0. The Morgan fingerprint density at radius 1 is 1.50 bits per heavy atom. The lowest BCUT2D eigenvalue weighted by Crippen LogP contribution is -2.30. The third kappa shape index (κ3) is 2.50.